The molecule has 0 atom stereocenters. The standard InChI is InChI=1S/C13H17BrN2O3S.ClH/c1-19-13-3-2-11(8-12(13)14)20(17,18)16-9-10-4-6-15-7-5-10;/h2-4,8,15-16H,5-7,9H2,1H3;1H. The van der Waals surface area contributed by atoms with Gasteiger partial charge in [0.15, 0.2) is 0 Å². The summed E-state index contributed by atoms with van der Waals surface area (Å²) in [6, 6.07) is 4.70. The minimum atomic E-state index is -3.50. The first-order valence-corrected chi connectivity index (χ1v) is 8.52. The SMILES string of the molecule is COc1ccc(S(=O)(=O)NCC2=CCNCC2)cc1Br.Cl. The van der Waals surface area contributed by atoms with Gasteiger partial charge in [-0.05, 0) is 47.1 Å². The van der Waals surface area contributed by atoms with Crippen molar-refractivity contribution in [2.45, 2.75) is 11.3 Å². The van der Waals surface area contributed by atoms with E-state index in [1.165, 1.54) is 19.2 Å². The Morgan fingerprint density at radius 1 is 1.43 bits per heavy atom. The molecule has 1 aromatic carbocycles. The predicted octanol–water partition coefficient (Wildman–Crippen LogP) is 2.08. The Kier molecular flexibility index (Phi) is 7.15. The van der Waals surface area contributed by atoms with Crippen LogP contribution < -0.4 is 14.8 Å². The summed E-state index contributed by atoms with van der Waals surface area (Å²) in [4.78, 5) is 0.222. The van der Waals surface area contributed by atoms with Gasteiger partial charge >= 0.3 is 0 Å². The van der Waals surface area contributed by atoms with Gasteiger partial charge in [0.1, 0.15) is 5.75 Å². The average Bonchev–Trinajstić information content (AvgIpc) is 2.46. The molecule has 1 aliphatic rings. The van der Waals surface area contributed by atoms with E-state index < -0.39 is 10.0 Å². The third-order valence-electron chi connectivity index (χ3n) is 3.08. The van der Waals surface area contributed by atoms with Crippen LogP contribution in [0.25, 0.3) is 0 Å². The zero-order chi connectivity index (χ0) is 14.6. The van der Waals surface area contributed by atoms with Crippen LogP contribution in [0.2, 0.25) is 0 Å². The van der Waals surface area contributed by atoms with Crippen LogP contribution in [-0.2, 0) is 10.0 Å². The molecule has 0 aromatic heterocycles. The van der Waals surface area contributed by atoms with Gasteiger partial charge in [-0.1, -0.05) is 11.6 Å². The number of benzene rings is 1. The van der Waals surface area contributed by atoms with Gasteiger partial charge in [-0.2, -0.15) is 0 Å². The van der Waals surface area contributed by atoms with Gasteiger partial charge < -0.3 is 10.1 Å². The summed E-state index contributed by atoms with van der Waals surface area (Å²) in [5.41, 5.74) is 1.11. The molecule has 1 heterocycles. The van der Waals surface area contributed by atoms with Gasteiger partial charge in [0, 0.05) is 13.1 Å². The van der Waals surface area contributed by atoms with Crippen LogP contribution in [0, 0.1) is 0 Å². The summed E-state index contributed by atoms with van der Waals surface area (Å²) in [6.45, 7) is 2.04. The number of hydrogen-bond donors (Lipinski definition) is 2. The van der Waals surface area contributed by atoms with E-state index >= 15 is 0 Å². The number of sulfonamides is 1. The zero-order valence-corrected chi connectivity index (χ0v) is 14.8. The fourth-order valence-corrected chi connectivity index (χ4v) is 3.67. The minimum Gasteiger partial charge on any atom is -0.496 e. The van der Waals surface area contributed by atoms with E-state index in [4.69, 9.17) is 4.74 Å². The van der Waals surface area contributed by atoms with E-state index in [9.17, 15) is 8.42 Å². The van der Waals surface area contributed by atoms with Crippen molar-refractivity contribution < 1.29 is 13.2 Å². The van der Waals surface area contributed by atoms with Crippen molar-refractivity contribution >= 4 is 38.4 Å². The lowest BCUT2D eigenvalue weighted by Crippen LogP contribution is -2.29. The van der Waals surface area contributed by atoms with Gasteiger partial charge in [-0.25, -0.2) is 13.1 Å². The molecule has 2 rings (SSSR count). The quantitative estimate of drug-likeness (QED) is 0.747. The lowest BCUT2D eigenvalue weighted by atomic mass is 10.1. The second-order valence-corrected chi connectivity index (χ2v) is 7.06. The molecule has 5 nitrogen and oxygen atoms in total. The van der Waals surface area contributed by atoms with Crippen LogP contribution in [0.5, 0.6) is 5.75 Å². The van der Waals surface area contributed by atoms with E-state index in [2.05, 4.69) is 26.0 Å². The molecule has 21 heavy (non-hydrogen) atoms. The van der Waals surface area contributed by atoms with Crippen molar-refractivity contribution in [3.05, 3.63) is 34.3 Å². The largest absolute Gasteiger partial charge is 0.496 e. The molecule has 118 valence electrons. The lowest BCUT2D eigenvalue weighted by molar-refractivity contribution is 0.411. The number of rotatable bonds is 5. The summed E-state index contributed by atoms with van der Waals surface area (Å²) < 4.78 is 32.8. The maximum Gasteiger partial charge on any atom is 0.240 e. The van der Waals surface area contributed by atoms with Crippen LogP contribution in [0.1, 0.15) is 6.42 Å². The Bertz CT molecular complexity index is 620. The molecule has 1 aliphatic heterocycles. The third kappa shape index (κ3) is 4.96. The number of methoxy groups -OCH3 is 1. The van der Waals surface area contributed by atoms with E-state index in [0.717, 1.165) is 25.1 Å². The summed E-state index contributed by atoms with van der Waals surface area (Å²) >= 11 is 3.29. The summed E-state index contributed by atoms with van der Waals surface area (Å²) in [5, 5.41) is 3.19. The van der Waals surface area contributed by atoms with Crippen LogP contribution in [0.3, 0.4) is 0 Å². The third-order valence-corrected chi connectivity index (χ3v) is 5.10. The first-order chi connectivity index (χ1) is 9.53. The average molecular weight is 398 g/mol. The molecule has 0 radical (unpaired) electrons. The molecule has 0 saturated heterocycles. The van der Waals surface area contributed by atoms with E-state index in [1.54, 1.807) is 6.07 Å². The molecule has 0 spiro atoms. The number of ether oxygens (including phenoxy) is 1. The maximum atomic E-state index is 12.2. The molecule has 0 amide bonds. The highest BCUT2D eigenvalue weighted by Gasteiger charge is 2.16. The van der Waals surface area contributed by atoms with Crippen LogP contribution in [0.15, 0.2) is 39.2 Å². The smallest absolute Gasteiger partial charge is 0.240 e. The van der Waals surface area contributed by atoms with E-state index in [0.29, 0.717) is 16.8 Å². The molecule has 0 aliphatic carbocycles. The topological polar surface area (TPSA) is 67.4 Å². The zero-order valence-electron chi connectivity index (χ0n) is 11.6. The highest BCUT2D eigenvalue weighted by molar-refractivity contribution is 9.10. The van der Waals surface area contributed by atoms with Crippen molar-refractivity contribution in [2.75, 3.05) is 26.7 Å². The molecule has 0 fully saturated rings. The second-order valence-electron chi connectivity index (χ2n) is 4.44. The number of halogens is 2. The van der Waals surface area contributed by atoms with Gasteiger partial charge in [-0.3, -0.25) is 0 Å². The lowest BCUT2D eigenvalue weighted by Gasteiger charge is -2.15. The van der Waals surface area contributed by atoms with Crippen molar-refractivity contribution in [3.63, 3.8) is 0 Å². The molecule has 0 unspecified atom stereocenters. The van der Waals surface area contributed by atoms with E-state index in [1.807, 2.05) is 6.08 Å². The van der Waals surface area contributed by atoms with Gasteiger partial charge in [-0.15, -0.1) is 12.4 Å². The predicted molar refractivity (Wildman–Crippen MR) is 88.7 cm³/mol. The van der Waals surface area contributed by atoms with Gasteiger partial charge in [0.05, 0.1) is 16.5 Å². The normalized spacial score (nSPS) is 15.0. The fourth-order valence-electron chi connectivity index (χ4n) is 1.92. The van der Waals surface area contributed by atoms with Crippen molar-refractivity contribution in [2.24, 2.45) is 0 Å². The Hall–Kier alpha value is -0.600. The van der Waals surface area contributed by atoms with Crippen LogP contribution in [-0.4, -0.2) is 35.2 Å². The van der Waals surface area contributed by atoms with Crippen LogP contribution in [0.4, 0.5) is 0 Å². The second kappa shape index (κ2) is 8.14. The molecular formula is C13H18BrClN2O3S. The first-order valence-electron chi connectivity index (χ1n) is 6.25. The van der Waals surface area contributed by atoms with Gasteiger partial charge in [0.25, 0.3) is 0 Å². The van der Waals surface area contributed by atoms with Crippen LogP contribution >= 0.6 is 28.3 Å². The molecular weight excluding hydrogens is 380 g/mol. The van der Waals surface area contributed by atoms with Crippen molar-refractivity contribution in [1.29, 1.82) is 0 Å². The first kappa shape index (κ1) is 18.4. The van der Waals surface area contributed by atoms with Gasteiger partial charge in [0.2, 0.25) is 10.0 Å². The minimum absolute atomic E-state index is 0. The molecule has 0 bridgehead atoms. The molecule has 2 N–H and O–H groups in total. The number of hydrogen-bond acceptors (Lipinski definition) is 4. The summed E-state index contributed by atoms with van der Waals surface area (Å²) in [6.07, 6.45) is 2.89. The molecule has 8 heteroatoms. The summed E-state index contributed by atoms with van der Waals surface area (Å²) in [5.74, 6) is 0.602. The maximum absolute atomic E-state index is 12.2. The summed E-state index contributed by atoms with van der Waals surface area (Å²) in [7, 11) is -1.97. The van der Waals surface area contributed by atoms with E-state index in [-0.39, 0.29) is 17.3 Å². The Morgan fingerprint density at radius 3 is 2.76 bits per heavy atom. The van der Waals surface area contributed by atoms with Crippen molar-refractivity contribution in [3.8, 4) is 5.75 Å². The Balaban J connectivity index is 0.00000220. The Labute approximate surface area is 139 Å². The molecule has 1 aromatic rings. The number of nitrogens with one attached hydrogen (secondary N) is 2. The monoisotopic (exact) mass is 396 g/mol. The Morgan fingerprint density at radius 2 is 2.19 bits per heavy atom. The molecule has 0 saturated carbocycles. The highest BCUT2D eigenvalue weighted by Crippen LogP contribution is 2.27. The highest BCUT2D eigenvalue weighted by atomic mass is 79.9. The van der Waals surface area contributed by atoms with Crippen molar-refractivity contribution in [1.82, 2.24) is 10.0 Å². The fraction of sp³-hybridized carbons (Fsp3) is 0.385.